The Morgan fingerprint density at radius 3 is 2.32 bits per heavy atom. The molecule has 1 aromatic carbocycles. The quantitative estimate of drug-likeness (QED) is 0.826. The van der Waals surface area contributed by atoms with Gasteiger partial charge in [-0.2, -0.15) is 0 Å². The largest absolute Gasteiger partial charge is 0.323 e. The van der Waals surface area contributed by atoms with Crippen LogP contribution in [-0.2, 0) is 0 Å². The Balaban J connectivity index is 2.41. The number of benzene rings is 1. The minimum atomic E-state index is -1.44. The van der Waals surface area contributed by atoms with Crippen LogP contribution in [0.15, 0.2) is 24.3 Å². The van der Waals surface area contributed by atoms with Gasteiger partial charge in [-0.15, -0.1) is 11.3 Å². The molecule has 2 aromatic rings. The van der Waals surface area contributed by atoms with Gasteiger partial charge in [0.1, 0.15) is 0 Å². The monoisotopic (exact) mass is 285 g/mol. The number of hydrogen-bond acceptors (Lipinski definition) is 2. The first-order valence-electron chi connectivity index (χ1n) is 5.91. The fourth-order valence-electron chi connectivity index (χ4n) is 1.72. The highest BCUT2D eigenvalue weighted by molar-refractivity contribution is 7.15. The first-order valence-corrected chi connectivity index (χ1v) is 6.72. The van der Waals surface area contributed by atoms with Gasteiger partial charge < -0.3 is 5.73 Å². The molecule has 1 nitrogen and oxygen atoms in total. The second-order valence-electron chi connectivity index (χ2n) is 4.69. The second kappa shape index (κ2) is 5.35. The average molecular weight is 285 g/mol. The Bertz CT molecular complexity index is 592. The number of thiophene rings is 1. The minimum Gasteiger partial charge on any atom is -0.323 e. The molecule has 5 heteroatoms. The van der Waals surface area contributed by atoms with Crippen LogP contribution in [0.4, 0.5) is 13.2 Å². The van der Waals surface area contributed by atoms with E-state index < -0.39 is 17.5 Å². The van der Waals surface area contributed by atoms with Crippen molar-refractivity contribution in [2.75, 3.05) is 0 Å². The maximum absolute atomic E-state index is 13.7. The number of halogens is 3. The van der Waals surface area contributed by atoms with Gasteiger partial charge in [0, 0.05) is 21.4 Å². The first kappa shape index (κ1) is 14.1. The van der Waals surface area contributed by atoms with Crippen LogP contribution < -0.4 is 5.73 Å². The molecule has 0 bridgehead atoms. The van der Waals surface area contributed by atoms with Crippen molar-refractivity contribution in [3.05, 3.63) is 46.6 Å². The molecule has 2 rings (SSSR count). The van der Waals surface area contributed by atoms with Crippen LogP contribution in [0, 0.1) is 23.4 Å². The zero-order valence-electron chi connectivity index (χ0n) is 10.6. The molecular formula is C14H14F3NS. The highest BCUT2D eigenvalue weighted by Crippen LogP contribution is 2.35. The van der Waals surface area contributed by atoms with Crippen LogP contribution >= 0.6 is 11.3 Å². The van der Waals surface area contributed by atoms with Crippen molar-refractivity contribution in [2.45, 2.75) is 19.9 Å². The van der Waals surface area contributed by atoms with Gasteiger partial charge >= 0.3 is 0 Å². The molecule has 19 heavy (non-hydrogen) atoms. The predicted molar refractivity (Wildman–Crippen MR) is 71.4 cm³/mol. The predicted octanol–water partition coefficient (Wildman–Crippen LogP) is 4.49. The van der Waals surface area contributed by atoms with E-state index in [9.17, 15) is 13.2 Å². The van der Waals surface area contributed by atoms with Crippen LogP contribution in [0.1, 0.15) is 24.8 Å². The van der Waals surface area contributed by atoms with Crippen molar-refractivity contribution in [3.63, 3.8) is 0 Å². The van der Waals surface area contributed by atoms with Gasteiger partial charge in [0.25, 0.3) is 0 Å². The van der Waals surface area contributed by atoms with Crippen molar-refractivity contribution in [1.29, 1.82) is 0 Å². The van der Waals surface area contributed by atoms with Gasteiger partial charge in [-0.05, 0) is 30.2 Å². The summed E-state index contributed by atoms with van der Waals surface area (Å²) in [5.74, 6) is -3.54. The molecule has 1 heterocycles. The van der Waals surface area contributed by atoms with Gasteiger partial charge in [-0.25, -0.2) is 13.2 Å². The van der Waals surface area contributed by atoms with E-state index in [1.165, 1.54) is 17.4 Å². The highest BCUT2D eigenvalue weighted by atomic mass is 32.1. The van der Waals surface area contributed by atoms with Gasteiger partial charge in [0.15, 0.2) is 17.5 Å². The molecule has 2 N–H and O–H groups in total. The molecule has 0 saturated heterocycles. The molecule has 0 aliphatic carbocycles. The van der Waals surface area contributed by atoms with Crippen LogP contribution in [-0.4, -0.2) is 0 Å². The Labute approximate surface area is 113 Å². The maximum Gasteiger partial charge on any atom is 0.195 e. The van der Waals surface area contributed by atoms with Crippen molar-refractivity contribution < 1.29 is 13.2 Å². The first-order chi connectivity index (χ1) is 8.91. The highest BCUT2D eigenvalue weighted by Gasteiger charge is 2.18. The van der Waals surface area contributed by atoms with Crippen molar-refractivity contribution in [3.8, 4) is 10.4 Å². The van der Waals surface area contributed by atoms with E-state index in [-0.39, 0.29) is 17.5 Å². The van der Waals surface area contributed by atoms with E-state index in [4.69, 9.17) is 5.73 Å². The summed E-state index contributed by atoms with van der Waals surface area (Å²) in [6.45, 7) is 3.98. The van der Waals surface area contributed by atoms with E-state index in [1.807, 2.05) is 13.8 Å². The Hall–Kier alpha value is -1.33. The number of hydrogen-bond donors (Lipinski definition) is 1. The van der Waals surface area contributed by atoms with E-state index in [1.54, 1.807) is 12.1 Å². The SMILES string of the molecule is CC(C)C(N)c1ccc(-c2ccc(F)c(F)c2F)s1. The number of nitrogens with two attached hydrogens (primary N) is 1. The number of rotatable bonds is 3. The van der Waals surface area contributed by atoms with Crippen molar-refractivity contribution in [1.82, 2.24) is 0 Å². The lowest BCUT2D eigenvalue weighted by Crippen LogP contribution is -2.14. The summed E-state index contributed by atoms with van der Waals surface area (Å²) >= 11 is 1.30. The summed E-state index contributed by atoms with van der Waals surface area (Å²) in [6, 6.07) is 5.50. The van der Waals surface area contributed by atoms with Crippen LogP contribution in [0.2, 0.25) is 0 Å². The standard InChI is InChI=1S/C14H14F3NS/c1-7(2)14(18)11-6-5-10(19-11)8-3-4-9(15)13(17)12(8)16/h3-7,14H,18H2,1-2H3. The van der Waals surface area contributed by atoms with Gasteiger partial charge in [0.05, 0.1) is 0 Å². The summed E-state index contributed by atoms with van der Waals surface area (Å²) in [7, 11) is 0. The molecule has 1 aromatic heterocycles. The molecule has 0 aliphatic heterocycles. The molecule has 0 amide bonds. The lowest BCUT2D eigenvalue weighted by Gasteiger charge is -2.12. The Morgan fingerprint density at radius 1 is 1.00 bits per heavy atom. The summed E-state index contributed by atoms with van der Waals surface area (Å²) in [5, 5.41) is 0. The smallest absolute Gasteiger partial charge is 0.195 e. The normalized spacial score (nSPS) is 13.0. The summed E-state index contributed by atoms with van der Waals surface area (Å²) < 4.78 is 39.8. The molecule has 1 unspecified atom stereocenters. The van der Waals surface area contributed by atoms with Crippen LogP contribution in [0.3, 0.4) is 0 Å². The summed E-state index contributed by atoms with van der Waals surface area (Å²) in [5.41, 5.74) is 6.07. The fraction of sp³-hybridized carbons (Fsp3) is 0.286. The lowest BCUT2D eigenvalue weighted by molar-refractivity contribution is 0.449. The second-order valence-corrected chi connectivity index (χ2v) is 5.81. The van der Waals surface area contributed by atoms with Gasteiger partial charge in [0.2, 0.25) is 0 Å². The fourth-order valence-corrected chi connectivity index (χ4v) is 2.92. The van der Waals surface area contributed by atoms with Crippen LogP contribution in [0.5, 0.6) is 0 Å². The Kier molecular flexibility index (Phi) is 3.96. The van der Waals surface area contributed by atoms with Gasteiger partial charge in [-0.1, -0.05) is 13.8 Å². The third-order valence-corrected chi connectivity index (χ3v) is 4.19. The molecular weight excluding hydrogens is 271 g/mol. The zero-order valence-corrected chi connectivity index (χ0v) is 11.4. The minimum absolute atomic E-state index is 0.0612. The van der Waals surface area contributed by atoms with Crippen molar-refractivity contribution in [2.24, 2.45) is 11.7 Å². The van der Waals surface area contributed by atoms with Crippen LogP contribution in [0.25, 0.3) is 10.4 Å². The summed E-state index contributed by atoms with van der Waals surface area (Å²) in [4.78, 5) is 1.44. The maximum atomic E-state index is 13.7. The molecule has 0 radical (unpaired) electrons. The van der Waals surface area contributed by atoms with Crippen molar-refractivity contribution >= 4 is 11.3 Å². The zero-order chi connectivity index (χ0) is 14.2. The average Bonchev–Trinajstić information content (AvgIpc) is 2.84. The molecule has 1 atom stereocenters. The van der Waals surface area contributed by atoms with E-state index >= 15 is 0 Å². The van der Waals surface area contributed by atoms with E-state index in [0.717, 1.165) is 10.9 Å². The summed E-state index contributed by atoms with van der Waals surface area (Å²) in [6.07, 6.45) is 0. The third-order valence-electron chi connectivity index (χ3n) is 2.97. The third kappa shape index (κ3) is 2.67. The molecule has 0 spiro atoms. The molecule has 0 fully saturated rings. The lowest BCUT2D eigenvalue weighted by atomic mass is 10.0. The topological polar surface area (TPSA) is 26.0 Å². The molecule has 0 saturated carbocycles. The van der Waals surface area contributed by atoms with E-state index in [0.29, 0.717) is 4.88 Å². The van der Waals surface area contributed by atoms with E-state index in [2.05, 4.69) is 0 Å². The molecule has 0 aliphatic rings. The Morgan fingerprint density at radius 2 is 1.68 bits per heavy atom. The van der Waals surface area contributed by atoms with Gasteiger partial charge in [-0.3, -0.25) is 0 Å². The molecule has 102 valence electrons.